The number of carbonyl (C=O) groups is 5. The average molecular weight is 579 g/mol. The largest absolute Gasteiger partial charge is 0.471 e. The van der Waals surface area contributed by atoms with E-state index in [4.69, 9.17) is 28.0 Å². The molecule has 1 amide bonds. The fourth-order valence-corrected chi connectivity index (χ4v) is 5.15. The highest BCUT2D eigenvalue weighted by atomic mass is 31.2. The number of ether oxygens (including phenoxy) is 5. The Morgan fingerprint density at radius 1 is 0.895 bits per heavy atom. The van der Waals surface area contributed by atoms with Gasteiger partial charge in [-0.2, -0.15) is 13.2 Å². The van der Waals surface area contributed by atoms with Gasteiger partial charge in [-0.05, 0) is 0 Å². The minimum absolute atomic E-state index is 0.656. The molecule has 1 rings (SSSR count). The van der Waals surface area contributed by atoms with Crippen molar-refractivity contribution in [3.05, 3.63) is 0 Å². The predicted octanol–water partition coefficient (Wildman–Crippen LogP) is 0.645. The van der Waals surface area contributed by atoms with Crippen LogP contribution >= 0.6 is 7.60 Å². The molecular weight excluding hydrogens is 550 g/mol. The number of hydrogen-bond acceptors (Lipinski definition) is 13. The van der Waals surface area contributed by atoms with E-state index in [1.54, 1.807) is 5.32 Å². The molecule has 6 atom stereocenters. The molecule has 0 aromatic rings. The van der Waals surface area contributed by atoms with Gasteiger partial charge in [0.1, 0.15) is 12.7 Å². The van der Waals surface area contributed by atoms with Gasteiger partial charge in [0, 0.05) is 41.4 Å². The first-order valence-electron chi connectivity index (χ1n) is 10.8. The minimum Gasteiger partial charge on any atom is -0.468 e. The first-order chi connectivity index (χ1) is 17.5. The van der Waals surface area contributed by atoms with Crippen LogP contribution in [0.3, 0.4) is 0 Å². The molecule has 38 heavy (non-hydrogen) atoms. The van der Waals surface area contributed by atoms with Crippen LogP contribution in [0.1, 0.15) is 27.2 Å². The Hall–Kier alpha value is -2.75. The van der Waals surface area contributed by atoms with Crippen molar-refractivity contribution in [3.8, 4) is 0 Å². The van der Waals surface area contributed by atoms with Crippen molar-refractivity contribution in [2.24, 2.45) is 0 Å². The Balaban J connectivity index is 3.72. The van der Waals surface area contributed by atoms with Crippen molar-refractivity contribution in [2.75, 3.05) is 27.9 Å². The maximum Gasteiger partial charge on any atom is 0.471 e. The molecule has 1 saturated heterocycles. The number of esters is 4. The van der Waals surface area contributed by atoms with Crippen LogP contribution in [-0.2, 0) is 61.3 Å². The first-order valence-corrected chi connectivity index (χ1v) is 12.4. The summed E-state index contributed by atoms with van der Waals surface area (Å²) in [5.74, 6) is -6.54. The van der Waals surface area contributed by atoms with Gasteiger partial charge in [0.25, 0.3) is 0 Å². The first kappa shape index (κ1) is 33.3. The van der Waals surface area contributed by atoms with Gasteiger partial charge in [0.2, 0.25) is 0 Å². The molecule has 1 unspecified atom stereocenters. The maximum atomic E-state index is 13.2. The van der Waals surface area contributed by atoms with E-state index in [-0.39, 0.29) is 0 Å². The number of nitrogens with one attached hydrogen (secondary N) is 1. The monoisotopic (exact) mass is 579 g/mol. The highest BCUT2D eigenvalue weighted by Crippen LogP contribution is 2.54. The van der Waals surface area contributed by atoms with Gasteiger partial charge in [0.15, 0.2) is 17.9 Å². The molecule has 0 radical (unpaired) electrons. The zero-order chi connectivity index (χ0) is 29.4. The summed E-state index contributed by atoms with van der Waals surface area (Å²) < 4.78 is 87.9. The average Bonchev–Trinajstić information content (AvgIpc) is 2.82. The molecule has 14 nitrogen and oxygen atoms in total. The predicted molar refractivity (Wildman–Crippen MR) is 116 cm³/mol. The molecule has 18 heteroatoms. The lowest BCUT2D eigenvalue weighted by Crippen LogP contribution is -2.67. The molecule has 0 aliphatic carbocycles. The van der Waals surface area contributed by atoms with Gasteiger partial charge in [-0.3, -0.25) is 28.5 Å². The van der Waals surface area contributed by atoms with Gasteiger partial charge in [-0.15, -0.1) is 0 Å². The van der Waals surface area contributed by atoms with Gasteiger partial charge in [-0.1, -0.05) is 0 Å². The van der Waals surface area contributed by atoms with Crippen molar-refractivity contribution in [3.63, 3.8) is 0 Å². The smallest absolute Gasteiger partial charge is 0.468 e. The van der Waals surface area contributed by atoms with E-state index in [9.17, 15) is 41.7 Å². The topological polar surface area (TPSA) is 179 Å². The summed E-state index contributed by atoms with van der Waals surface area (Å²) in [6.07, 6.45) is -13.0. The molecular formula is C20H29F3NO13P. The molecule has 0 spiro atoms. The Labute approximate surface area is 215 Å². The molecule has 218 valence electrons. The zero-order valence-corrected chi connectivity index (χ0v) is 22.2. The number of methoxy groups -OCH3 is 1. The number of rotatable bonds is 11. The second-order valence-corrected chi connectivity index (χ2v) is 10.3. The molecule has 0 saturated carbocycles. The molecule has 1 fully saturated rings. The highest BCUT2D eigenvalue weighted by Gasteiger charge is 2.55. The lowest BCUT2D eigenvalue weighted by Gasteiger charge is -2.46. The summed E-state index contributed by atoms with van der Waals surface area (Å²) >= 11 is 0. The molecule has 1 aliphatic rings. The summed E-state index contributed by atoms with van der Waals surface area (Å²) in [6, 6.07) is -1.94. The van der Waals surface area contributed by atoms with E-state index in [2.05, 4.69) is 4.74 Å². The van der Waals surface area contributed by atoms with E-state index >= 15 is 0 Å². The maximum absolute atomic E-state index is 13.2. The molecule has 0 aromatic heterocycles. The van der Waals surface area contributed by atoms with Crippen LogP contribution in [0.4, 0.5) is 13.2 Å². The standard InChI is InChI=1S/C20H29F3NO13P/c1-9(25)34-8-13-16(35-10(2)26)17(36-11(3)27)15(24-19(29)20(21,22)23)12(37-13)7-14(18(28)31-4)38(30,32-5)33-6/h12-17H,7-8H2,1-6H3,(H,24,29)/t12-,13-,14?,15+,16-,17-/m1/s1. The van der Waals surface area contributed by atoms with Crippen LogP contribution in [0, 0.1) is 0 Å². The highest BCUT2D eigenvalue weighted by molar-refractivity contribution is 7.55. The molecule has 0 aromatic carbocycles. The van der Waals surface area contributed by atoms with Crippen LogP contribution in [0.5, 0.6) is 0 Å². The number of amides is 1. The van der Waals surface area contributed by atoms with E-state index in [1.165, 1.54) is 0 Å². The molecule has 0 bridgehead atoms. The van der Waals surface area contributed by atoms with E-state index in [0.717, 1.165) is 42.1 Å². The second kappa shape index (κ2) is 13.9. The normalized spacial score (nSPS) is 24.5. The number of alkyl halides is 3. The van der Waals surface area contributed by atoms with Gasteiger partial charge in [0.05, 0.1) is 19.3 Å². The zero-order valence-electron chi connectivity index (χ0n) is 21.3. The Morgan fingerprint density at radius 2 is 1.42 bits per heavy atom. The lowest BCUT2D eigenvalue weighted by molar-refractivity contribution is -0.227. The number of carbonyl (C=O) groups excluding carboxylic acids is 5. The second-order valence-electron chi connectivity index (χ2n) is 7.84. The van der Waals surface area contributed by atoms with E-state index in [1.807, 2.05) is 0 Å². The minimum atomic E-state index is -5.42. The van der Waals surface area contributed by atoms with Crippen LogP contribution in [0.2, 0.25) is 0 Å². The third kappa shape index (κ3) is 8.92. The Morgan fingerprint density at radius 3 is 1.84 bits per heavy atom. The summed E-state index contributed by atoms with van der Waals surface area (Å²) in [7, 11) is -1.53. The van der Waals surface area contributed by atoms with Crippen molar-refractivity contribution >= 4 is 37.4 Å². The summed E-state index contributed by atoms with van der Waals surface area (Å²) in [5.41, 5.74) is -1.81. The summed E-state index contributed by atoms with van der Waals surface area (Å²) in [4.78, 5) is 59.5. The number of hydrogen-bond donors (Lipinski definition) is 1. The summed E-state index contributed by atoms with van der Waals surface area (Å²) in [5, 5.41) is 1.61. The van der Waals surface area contributed by atoms with Crippen molar-refractivity contribution in [1.29, 1.82) is 0 Å². The molecule has 1 N–H and O–H groups in total. The van der Waals surface area contributed by atoms with Crippen LogP contribution < -0.4 is 5.32 Å². The third-order valence-electron chi connectivity index (χ3n) is 5.22. The Kier molecular flexibility index (Phi) is 12.1. The fourth-order valence-electron chi connectivity index (χ4n) is 3.66. The lowest BCUT2D eigenvalue weighted by atomic mass is 9.89. The van der Waals surface area contributed by atoms with Gasteiger partial charge >= 0.3 is 43.6 Å². The van der Waals surface area contributed by atoms with Crippen LogP contribution in [0.15, 0.2) is 0 Å². The third-order valence-corrected chi connectivity index (χ3v) is 7.43. The SMILES string of the molecule is COC(=O)C(C[C@H]1O[C@H](COC(C)=O)[C@@H](OC(C)=O)[C@H](OC(C)=O)[C@H]1NC(=O)C(F)(F)F)P(=O)(OC)OC. The summed E-state index contributed by atoms with van der Waals surface area (Å²) in [6.45, 7) is 2.19. The Bertz CT molecular complexity index is 936. The fraction of sp³-hybridized carbons (Fsp3) is 0.750. The van der Waals surface area contributed by atoms with Crippen molar-refractivity contribution < 1.29 is 74.4 Å². The van der Waals surface area contributed by atoms with Crippen LogP contribution in [-0.4, -0.2) is 100 Å². The van der Waals surface area contributed by atoms with Crippen molar-refractivity contribution in [1.82, 2.24) is 5.32 Å². The molecule has 1 aliphatic heterocycles. The van der Waals surface area contributed by atoms with Crippen LogP contribution in [0.25, 0.3) is 0 Å². The quantitative estimate of drug-likeness (QED) is 0.205. The van der Waals surface area contributed by atoms with Gasteiger partial charge < -0.3 is 38.0 Å². The van der Waals surface area contributed by atoms with E-state index < -0.39 is 92.7 Å². The van der Waals surface area contributed by atoms with E-state index in [0.29, 0.717) is 0 Å². The van der Waals surface area contributed by atoms with Crippen molar-refractivity contribution in [2.45, 2.75) is 69.5 Å². The molecule has 1 heterocycles. The number of halogens is 3. The van der Waals surface area contributed by atoms with Gasteiger partial charge in [-0.25, -0.2) is 0 Å².